The maximum absolute atomic E-state index is 5.36. The van der Waals surface area contributed by atoms with E-state index in [-0.39, 0.29) is 0 Å². The zero-order valence-corrected chi connectivity index (χ0v) is 5.94. The lowest BCUT2D eigenvalue weighted by Crippen LogP contribution is -1.79. The second kappa shape index (κ2) is 2.80. The van der Waals surface area contributed by atoms with Crippen molar-refractivity contribution >= 4 is 16.5 Å². The Morgan fingerprint density at radius 1 is 1.89 bits per heavy atom. The summed E-state index contributed by atoms with van der Waals surface area (Å²) in [6.45, 7) is 0.606. The standard InChI is InChI=1S/C5H8N2OS/c1-8-3-4-2-7-5(6)9-4/h2H,3H2,1H3,(H2,6,7). The van der Waals surface area contributed by atoms with E-state index in [1.54, 1.807) is 13.3 Å². The lowest BCUT2D eigenvalue weighted by Gasteiger charge is -1.88. The Balaban J connectivity index is 2.61. The van der Waals surface area contributed by atoms with Crippen molar-refractivity contribution in [3.05, 3.63) is 11.1 Å². The van der Waals surface area contributed by atoms with Crippen molar-refractivity contribution < 1.29 is 4.74 Å². The van der Waals surface area contributed by atoms with Crippen molar-refractivity contribution in [3.8, 4) is 0 Å². The van der Waals surface area contributed by atoms with E-state index in [2.05, 4.69) is 4.98 Å². The minimum atomic E-state index is 0.599. The van der Waals surface area contributed by atoms with Gasteiger partial charge in [0.2, 0.25) is 0 Å². The van der Waals surface area contributed by atoms with Gasteiger partial charge in [-0.15, -0.1) is 0 Å². The number of nitrogens with zero attached hydrogens (tertiary/aromatic N) is 1. The van der Waals surface area contributed by atoms with Crippen LogP contribution in [-0.4, -0.2) is 12.1 Å². The fourth-order valence-corrected chi connectivity index (χ4v) is 1.19. The highest BCUT2D eigenvalue weighted by Crippen LogP contribution is 2.14. The van der Waals surface area contributed by atoms with Gasteiger partial charge in [0.05, 0.1) is 11.5 Å². The average molecular weight is 144 g/mol. The summed E-state index contributed by atoms with van der Waals surface area (Å²) in [7, 11) is 1.65. The van der Waals surface area contributed by atoms with Gasteiger partial charge >= 0.3 is 0 Å². The van der Waals surface area contributed by atoms with E-state index >= 15 is 0 Å². The molecule has 0 aromatic carbocycles. The molecule has 0 fully saturated rings. The topological polar surface area (TPSA) is 48.1 Å². The largest absolute Gasteiger partial charge is 0.379 e. The van der Waals surface area contributed by atoms with Crippen LogP contribution in [0.2, 0.25) is 0 Å². The second-order valence-corrected chi connectivity index (χ2v) is 2.74. The third kappa shape index (κ3) is 1.65. The van der Waals surface area contributed by atoms with Crippen LogP contribution in [0.4, 0.5) is 5.13 Å². The van der Waals surface area contributed by atoms with Gasteiger partial charge in [0.15, 0.2) is 5.13 Å². The van der Waals surface area contributed by atoms with Crippen LogP contribution in [0.5, 0.6) is 0 Å². The van der Waals surface area contributed by atoms with Gasteiger partial charge in [0.1, 0.15) is 0 Å². The van der Waals surface area contributed by atoms with Gasteiger partial charge in [-0.3, -0.25) is 0 Å². The number of aromatic nitrogens is 1. The molecule has 0 saturated heterocycles. The second-order valence-electron chi connectivity index (χ2n) is 1.60. The van der Waals surface area contributed by atoms with Crippen LogP contribution in [0.15, 0.2) is 6.20 Å². The molecule has 0 radical (unpaired) electrons. The number of methoxy groups -OCH3 is 1. The number of rotatable bonds is 2. The van der Waals surface area contributed by atoms with Gasteiger partial charge in [0.25, 0.3) is 0 Å². The highest BCUT2D eigenvalue weighted by molar-refractivity contribution is 7.15. The first-order valence-electron chi connectivity index (χ1n) is 2.52. The molecule has 0 atom stereocenters. The van der Waals surface area contributed by atoms with Crippen molar-refractivity contribution in [3.63, 3.8) is 0 Å². The number of nitrogens with two attached hydrogens (primary N) is 1. The van der Waals surface area contributed by atoms with Gasteiger partial charge in [-0.2, -0.15) is 0 Å². The third-order valence-corrected chi connectivity index (χ3v) is 1.66. The van der Waals surface area contributed by atoms with E-state index in [9.17, 15) is 0 Å². The summed E-state index contributed by atoms with van der Waals surface area (Å²) in [5.74, 6) is 0. The summed E-state index contributed by atoms with van der Waals surface area (Å²) in [5.41, 5.74) is 5.36. The van der Waals surface area contributed by atoms with Gasteiger partial charge in [0, 0.05) is 13.3 Å². The number of hydrogen-bond donors (Lipinski definition) is 1. The number of ether oxygens (including phenoxy) is 1. The van der Waals surface area contributed by atoms with Crippen molar-refractivity contribution in [2.75, 3.05) is 12.8 Å². The van der Waals surface area contributed by atoms with Crippen molar-refractivity contribution in [1.82, 2.24) is 4.98 Å². The van der Waals surface area contributed by atoms with Crippen LogP contribution >= 0.6 is 11.3 Å². The zero-order chi connectivity index (χ0) is 6.69. The van der Waals surface area contributed by atoms with Crippen molar-refractivity contribution in [2.45, 2.75) is 6.61 Å². The molecule has 1 heterocycles. The normalized spacial score (nSPS) is 9.89. The molecule has 1 rings (SSSR count). The Morgan fingerprint density at radius 3 is 3.11 bits per heavy atom. The smallest absolute Gasteiger partial charge is 0.180 e. The Morgan fingerprint density at radius 2 is 2.67 bits per heavy atom. The van der Waals surface area contributed by atoms with Crippen LogP contribution in [0.3, 0.4) is 0 Å². The lowest BCUT2D eigenvalue weighted by molar-refractivity contribution is 0.187. The van der Waals surface area contributed by atoms with Crippen LogP contribution in [-0.2, 0) is 11.3 Å². The van der Waals surface area contributed by atoms with E-state index in [1.165, 1.54) is 11.3 Å². The quantitative estimate of drug-likeness (QED) is 0.670. The summed E-state index contributed by atoms with van der Waals surface area (Å²) < 4.78 is 4.86. The van der Waals surface area contributed by atoms with Crippen LogP contribution < -0.4 is 5.73 Å². The monoisotopic (exact) mass is 144 g/mol. The predicted octanol–water partition coefficient (Wildman–Crippen LogP) is 0.872. The van der Waals surface area contributed by atoms with Gasteiger partial charge in [-0.1, -0.05) is 11.3 Å². The van der Waals surface area contributed by atoms with Gasteiger partial charge in [-0.25, -0.2) is 4.98 Å². The molecule has 0 amide bonds. The van der Waals surface area contributed by atoms with Gasteiger partial charge in [-0.05, 0) is 0 Å². The van der Waals surface area contributed by atoms with E-state index in [0.29, 0.717) is 11.7 Å². The summed E-state index contributed by atoms with van der Waals surface area (Å²) in [4.78, 5) is 4.92. The zero-order valence-electron chi connectivity index (χ0n) is 5.13. The lowest BCUT2D eigenvalue weighted by atomic mass is 10.6. The molecule has 3 nitrogen and oxygen atoms in total. The van der Waals surface area contributed by atoms with Crippen LogP contribution in [0.25, 0.3) is 0 Å². The highest BCUT2D eigenvalue weighted by atomic mass is 32.1. The average Bonchev–Trinajstić information content (AvgIpc) is 2.17. The maximum Gasteiger partial charge on any atom is 0.180 e. The first-order chi connectivity index (χ1) is 4.33. The van der Waals surface area contributed by atoms with Crippen molar-refractivity contribution in [2.24, 2.45) is 0 Å². The van der Waals surface area contributed by atoms with Crippen LogP contribution in [0.1, 0.15) is 4.88 Å². The Kier molecular flexibility index (Phi) is 2.02. The van der Waals surface area contributed by atoms with E-state index in [1.807, 2.05) is 0 Å². The molecule has 1 aromatic heterocycles. The minimum absolute atomic E-state index is 0.599. The van der Waals surface area contributed by atoms with E-state index in [4.69, 9.17) is 10.5 Å². The molecule has 4 heteroatoms. The van der Waals surface area contributed by atoms with E-state index in [0.717, 1.165) is 4.88 Å². The molecule has 50 valence electrons. The fourth-order valence-electron chi connectivity index (χ4n) is 0.532. The number of thiazole rings is 1. The summed E-state index contributed by atoms with van der Waals surface area (Å²) in [6.07, 6.45) is 1.73. The summed E-state index contributed by atoms with van der Waals surface area (Å²) in [5, 5.41) is 0.599. The number of nitrogen functional groups attached to an aromatic ring is 1. The molecule has 9 heavy (non-hydrogen) atoms. The minimum Gasteiger partial charge on any atom is -0.379 e. The Hall–Kier alpha value is -0.610. The van der Waals surface area contributed by atoms with Crippen LogP contribution in [0, 0.1) is 0 Å². The third-order valence-electron chi connectivity index (χ3n) is 0.858. The Labute approximate surface area is 57.5 Å². The number of hydrogen-bond acceptors (Lipinski definition) is 4. The SMILES string of the molecule is COCc1cnc(N)s1. The van der Waals surface area contributed by atoms with Crippen molar-refractivity contribution in [1.29, 1.82) is 0 Å². The predicted molar refractivity (Wildman–Crippen MR) is 37.2 cm³/mol. The summed E-state index contributed by atoms with van der Waals surface area (Å²) >= 11 is 1.45. The molecule has 0 spiro atoms. The molecule has 0 aliphatic rings. The molecular weight excluding hydrogens is 136 g/mol. The highest BCUT2D eigenvalue weighted by Gasteiger charge is 1.94. The first-order valence-corrected chi connectivity index (χ1v) is 3.33. The molecule has 2 N–H and O–H groups in total. The van der Waals surface area contributed by atoms with E-state index < -0.39 is 0 Å². The molecule has 0 saturated carbocycles. The molecule has 1 aromatic rings. The summed E-state index contributed by atoms with van der Waals surface area (Å²) in [6, 6.07) is 0. The number of anilines is 1. The van der Waals surface area contributed by atoms with Gasteiger partial charge < -0.3 is 10.5 Å². The molecular formula is C5H8N2OS. The molecule has 0 aliphatic heterocycles. The molecule has 0 bridgehead atoms. The fraction of sp³-hybridized carbons (Fsp3) is 0.400. The molecule has 0 aliphatic carbocycles. The first kappa shape index (κ1) is 6.51. The Bertz CT molecular complexity index is 187. The molecule has 0 unspecified atom stereocenters. The maximum atomic E-state index is 5.36.